The van der Waals surface area contributed by atoms with Crippen molar-refractivity contribution in [2.24, 2.45) is 0 Å². The fourth-order valence-electron chi connectivity index (χ4n) is 8.14. The number of aliphatic hydroxyl groups is 8. The lowest BCUT2D eigenvalue weighted by Gasteiger charge is -2.46. The Bertz CT molecular complexity index is 1220. The Labute approximate surface area is 385 Å². The molecular formula is C50H91NO13. The number of amides is 1. The fraction of sp³-hybridized carbons (Fsp3) is 0.860. The van der Waals surface area contributed by atoms with Crippen LogP contribution in [0.15, 0.2) is 36.5 Å². The van der Waals surface area contributed by atoms with Gasteiger partial charge in [-0.15, -0.1) is 0 Å². The summed E-state index contributed by atoms with van der Waals surface area (Å²) >= 11 is 0. The molecule has 374 valence electrons. The van der Waals surface area contributed by atoms with E-state index in [0.717, 1.165) is 51.4 Å². The summed E-state index contributed by atoms with van der Waals surface area (Å²) in [7, 11) is 0. The molecule has 2 aliphatic rings. The van der Waals surface area contributed by atoms with E-state index in [1.54, 1.807) is 6.08 Å². The molecule has 0 aliphatic carbocycles. The van der Waals surface area contributed by atoms with E-state index in [9.17, 15) is 45.6 Å². The van der Waals surface area contributed by atoms with Crippen LogP contribution >= 0.6 is 0 Å². The van der Waals surface area contributed by atoms with Gasteiger partial charge in [0.1, 0.15) is 48.8 Å². The van der Waals surface area contributed by atoms with Gasteiger partial charge in [-0.05, 0) is 44.9 Å². The van der Waals surface area contributed by atoms with Crippen molar-refractivity contribution in [3.8, 4) is 0 Å². The number of carbonyl (C=O) groups excluding carboxylic acids is 1. The Hall–Kier alpha value is -1.79. The SMILES string of the molecule is CCCCCCCCCCCCCCCCC/C=C/CC/C=C/CC/C=C/C(O)C(COC1OC(CO)C(OC2OC(CO)C(O)C(O)C2O)C(O)C1O)NC(=O)CCCCCCC. The number of hydrogen-bond donors (Lipinski definition) is 9. The number of allylic oxidation sites excluding steroid dienone is 5. The van der Waals surface area contributed by atoms with Crippen LogP contribution in [0.4, 0.5) is 0 Å². The van der Waals surface area contributed by atoms with Crippen LogP contribution in [0.1, 0.15) is 181 Å². The molecule has 0 saturated carbocycles. The van der Waals surface area contributed by atoms with Crippen LogP contribution in [0.25, 0.3) is 0 Å². The van der Waals surface area contributed by atoms with Crippen LogP contribution in [-0.2, 0) is 23.7 Å². The third-order valence-electron chi connectivity index (χ3n) is 12.3. The van der Waals surface area contributed by atoms with Gasteiger partial charge in [0.15, 0.2) is 12.6 Å². The molecular weight excluding hydrogens is 823 g/mol. The first-order chi connectivity index (χ1) is 31.1. The normalized spacial score (nSPS) is 27.5. The predicted molar refractivity (Wildman–Crippen MR) is 249 cm³/mol. The van der Waals surface area contributed by atoms with E-state index in [1.807, 2.05) is 6.08 Å². The van der Waals surface area contributed by atoms with Gasteiger partial charge in [-0.1, -0.05) is 166 Å². The van der Waals surface area contributed by atoms with E-state index in [4.69, 9.17) is 18.9 Å². The van der Waals surface area contributed by atoms with E-state index in [1.165, 1.54) is 96.3 Å². The van der Waals surface area contributed by atoms with Crippen molar-refractivity contribution >= 4 is 5.91 Å². The van der Waals surface area contributed by atoms with Gasteiger partial charge in [0.05, 0.1) is 32.0 Å². The van der Waals surface area contributed by atoms with Crippen molar-refractivity contribution in [1.29, 1.82) is 0 Å². The predicted octanol–water partition coefficient (Wildman–Crippen LogP) is 6.32. The van der Waals surface area contributed by atoms with Crippen molar-refractivity contribution in [2.45, 2.75) is 254 Å². The summed E-state index contributed by atoms with van der Waals surface area (Å²) in [5.41, 5.74) is 0. The molecule has 0 bridgehead atoms. The highest BCUT2D eigenvalue weighted by molar-refractivity contribution is 5.76. The van der Waals surface area contributed by atoms with Crippen LogP contribution in [0.2, 0.25) is 0 Å². The van der Waals surface area contributed by atoms with Crippen LogP contribution < -0.4 is 5.32 Å². The number of rotatable bonds is 38. The topological polar surface area (TPSA) is 228 Å². The molecule has 2 aliphatic heterocycles. The zero-order valence-electron chi connectivity index (χ0n) is 39.5. The lowest BCUT2D eigenvalue weighted by molar-refractivity contribution is -0.359. The van der Waals surface area contributed by atoms with Gasteiger partial charge in [-0.2, -0.15) is 0 Å². The molecule has 2 heterocycles. The van der Waals surface area contributed by atoms with Crippen molar-refractivity contribution in [1.82, 2.24) is 5.32 Å². The van der Waals surface area contributed by atoms with Crippen LogP contribution in [0, 0.1) is 0 Å². The second-order valence-corrected chi connectivity index (χ2v) is 17.9. The van der Waals surface area contributed by atoms with E-state index >= 15 is 0 Å². The maximum Gasteiger partial charge on any atom is 0.220 e. The summed E-state index contributed by atoms with van der Waals surface area (Å²) in [6, 6.07) is -0.931. The Morgan fingerprint density at radius 3 is 1.53 bits per heavy atom. The first-order valence-corrected chi connectivity index (χ1v) is 25.2. The van der Waals surface area contributed by atoms with Gasteiger partial charge in [-0.3, -0.25) is 4.79 Å². The first-order valence-electron chi connectivity index (χ1n) is 25.2. The Kier molecular flexibility index (Phi) is 33.9. The van der Waals surface area contributed by atoms with Gasteiger partial charge in [0, 0.05) is 6.42 Å². The monoisotopic (exact) mass is 914 g/mol. The first kappa shape index (κ1) is 58.3. The van der Waals surface area contributed by atoms with Crippen molar-refractivity contribution < 1.29 is 64.6 Å². The second kappa shape index (κ2) is 37.2. The van der Waals surface area contributed by atoms with Crippen molar-refractivity contribution in [3.05, 3.63) is 36.5 Å². The maximum atomic E-state index is 12.9. The van der Waals surface area contributed by atoms with Gasteiger partial charge >= 0.3 is 0 Å². The van der Waals surface area contributed by atoms with E-state index in [-0.39, 0.29) is 18.9 Å². The van der Waals surface area contributed by atoms with E-state index in [0.29, 0.717) is 12.8 Å². The molecule has 2 saturated heterocycles. The largest absolute Gasteiger partial charge is 0.394 e. The quantitative estimate of drug-likeness (QED) is 0.0244. The number of carbonyl (C=O) groups is 1. The molecule has 14 heteroatoms. The van der Waals surface area contributed by atoms with Crippen molar-refractivity contribution in [2.75, 3.05) is 19.8 Å². The summed E-state index contributed by atoms with van der Waals surface area (Å²) in [4.78, 5) is 12.9. The average molecular weight is 914 g/mol. The third-order valence-corrected chi connectivity index (χ3v) is 12.3. The summed E-state index contributed by atoms with van der Waals surface area (Å²) in [6.07, 6.45) is 25.5. The van der Waals surface area contributed by atoms with Crippen LogP contribution in [0.3, 0.4) is 0 Å². The minimum atomic E-state index is -1.79. The lowest BCUT2D eigenvalue weighted by atomic mass is 9.97. The van der Waals surface area contributed by atoms with Gasteiger partial charge in [-0.25, -0.2) is 0 Å². The second-order valence-electron chi connectivity index (χ2n) is 17.9. The molecule has 0 aromatic carbocycles. The molecule has 0 radical (unpaired) electrons. The number of hydrogen-bond acceptors (Lipinski definition) is 13. The number of ether oxygens (including phenoxy) is 4. The molecule has 0 spiro atoms. The molecule has 1 amide bonds. The average Bonchev–Trinajstić information content (AvgIpc) is 3.29. The zero-order chi connectivity index (χ0) is 46.8. The van der Waals surface area contributed by atoms with Crippen molar-refractivity contribution in [3.63, 3.8) is 0 Å². The molecule has 9 N–H and O–H groups in total. The van der Waals surface area contributed by atoms with Crippen LogP contribution in [-0.4, -0.2) is 140 Å². The zero-order valence-corrected chi connectivity index (χ0v) is 39.5. The highest BCUT2D eigenvalue weighted by Crippen LogP contribution is 2.30. The number of nitrogens with one attached hydrogen (secondary N) is 1. The molecule has 12 unspecified atom stereocenters. The molecule has 14 nitrogen and oxygen atoms in total. The molecule has 2 rings (SSSR count). The molecule has 0 aromatic rings. The van der Waals surface area contributed by atoms with Gasteiger partial charge < -0.3 is 65.1 Å². The summed E-state index contributed by atoms with van der Waals surface area (Å²) in [6.45, 7) is 2.65. The Balaban J connectivity index is 1.74. The number of unbranched alkanes of at least 4 members (excludes halogenated alkanes) is 21. The molecule has 12 atom stereocenters. The Morgan fingerprint density at radius 1 is 0.547 bits per heavy atom. The minimum absolute atomic E-state index is 0.265. The highest BCUT2D eigenvalue weighted by Gasteiger charge is 2.51. The minimum Gasteiger partial charge on any atom is -0.394 e. The molecule has 64 heavy (non-hydrogen) atoms. The van der Waals surface area contributed by atoms with Gasteiger partial charge in [0.2, 0.25) is 5.91 Å². The molecule has 2 fully saturated rings. The summed E-state index contributed by atoms with van der Waals surface area (Å²) in [5, 5.41) is 86.2. The fourth-order valence-corrected chi connectivity index (χ4v) is 8.14. The van der Waals surface area contributed by atoms with E-state index in [2.05, 4.69) is 43.5 Å². The summed E-state index contributed by atoms with van der Waals surface area (Å²) in [5.74, 6) is -0.268. The lowest BCUT2D eigenvalue weighted by Crippen LogP contribution is -2.65. The van der Waals surface area contributed by atoms with Crippen LogP contribution in [0.5, 0.6) is 0 Å². The molecule has 0 aromatic heterocycles. The highest BCUT2D eigenvalue weighted by atomic mass is 16.7. The van der Waals surface area contributed by atoms with E-state index < -0.39 is 86.8 Å². The number of aliphatic hydroxyl groups excluding tert-OH is 8. The standard InChI is InChI=1S/C50H91NO13/c1-3-5-7-9-10-11-12-13-14-15-16-17-18-19-20-21-22-23-24-25-26-27-28-30-31-33-39(54)38(51-42(55)34-32-29-8-6-4-2)37-61-49-47(60)45(58)48(41(36-53)63-49)64-50-46(59)44(57)43(56)40(35-52)62-50/h22-23,26-27,31,33,38-41,43-50,52-54,56-60H,3-21,24-25,28-30,32,34-37H2,1-2H3,(H,51,55)/b23-22+,27-26+,33-31+. The summed E-state index contributed by atoms with van der Waals surface area (Å²) < 4.78 is 22.5. The maximum absolute atomic E-state index is 12.9. The van der Waals surface area contributed by atoms with Gasteiger partial charge in [0.25, 0.3) is 0 Å². The third kappa shape index (κ3) is 24.3. The Morgan fingerprint density at radius 2 is 1.00 bits per heavy atom. The smallest absolute Gasteiger partial charge is 0.220 e.